The molecule has 2 aromatic heterocycles. The van der Waals surface area contributed by atoms with E-state index in [1.54, 1.807) is 24.3 Å². The van der Waals surface area contributed by atoms with Crippen LogP contribution >= 0.6 is 23.1 Å². The molecular formula is C19H12N8OS2. The lowest BCUT2D eigenvalue weighted by atomic mass is 10.2. The molecule has 3 aromatic rings. The van der Waals surface area contributed by atoms with Crippen LogP contribution in [0.2, 0.25) is 0 Å². The second-order valence-corrected chi connectivity index (χ2v) is 7.67. The van der Waals surface area contributed by atoms with Crippen molar-refractivity contribution in [2.24, 2.45) is 0 Å². The fraction of sp³-hybridized carbons (Fsp3) is 0.0526. The van der Waals surface area contributed by atoms with Crippen LogP contribution in [0.4, 0.5) is 11.6 Å². The van der Waals surface area contributed by atoms with Gasteiger partial charge in [-0.15, -0.1) is 0 Å². The maximum absolute atomic E-state index is 12.5. The first-order valence-electron chi connectivity index (χ1n) is 8.27. The van der Waals surface area contributed by atoms with Crippen molar-refractivity contribution in [1.82, 2.24) is 9.55 Å². The monoisotopic (exact) mass is 432 g/mol. The number of thioether (sulfide) groups is 1. The van der Waals surface area contributed by atoms with Gasteiger partial charge in [-0.05, 0) is 18.2 Å². The first-order valence-corrected chi connectivity index (χ1v) is 10.1. The van der Waals surface area contributed by atoms with E-state index < -0.39 is 5.91 Å². The van der Waals surface area contributed by atoms with Gasteiger partial charge in [0.2, 0.25) is 5.91 Å². The molecule has 0 fully saturated rings. The molecule has 1 aromatic carbocycles. The molecule has 4 N–H and O–H groups in total. The van der Waals surface area contributed by atoms with Crippen LogP contribution in [0.5, 0.6) is 0 Å². The topological polar surface area (TPSA) is 168 Å². The molecule has 9 nitrogen and oxygen atoms in total. The number of anilines is 2. The lowest BCUT2D eigenvalue weighted by molar-refractivity contribution is -0.113. The molecular weight excluding hydrogens is 420 g/mol. The van der Waals surface area contributed by atoms with E-state index in [1.807, 2.05) is 24.3 Å². The van der Waals surface area contributed by atoms with Crippen molar-refractivity contribution in [1.29, 1.82) is 21.2 Å². The van der Waals surface area contributed by atoms with Gasteiger partial charge >= 0.3 is 0 Å². The van der Waals surface area contributed by atoms with E-state index in [0.717, 1.165) is 23.1 Å². The minimum Gasteiger partial charge on any atom is -0.383 e. The van der Waals surface area contributed by atoms with Crippen LogP contribution in [0, 0.1) is 39.4 Å². The van der Waals surface area contributed by atoms with Gasteiger partial charge in [-0.1, -0.05) is 41.3 Å². The van der Waals surface area contributed by atoms with Gasteiger partial charge in [-0.3, -0.25) is 14.8 Å². The SMILES string of the molecule is N#Cc1cc(C#N)c(SCC(=O)Nc2c(C#N)sc(=N)n2-c2ccccc2)nc1N. The minimum absolute atomic E-state index is 0.0234. The molecule has 0 saturated carbocycles. The smallest absolute Gasteiger partial charge is 0.235 e. The van der Waals surface area contributed by atoms with Crippen molar-refractivity contribution in [2.45, 2.75) is 5.03 Å². The third-order valence-corrected chi connectivity index (χ3v) is 5.67. The van der Waals surface area contributed by atoms with Gasteiger partial charge in [0.1, 0.15) is 39.7 Å². The number of nitriles is 3. The summed E-state index contributed by atoms with van der Waals surface area (Å²) >= 11 is 1.93. The fourth-order valence-corrected chi connectivity index (χ4v) is 4.03. The highest BCUT2D eigenvalue weighted by Crippen LogP contribution is 2.25. The number of thiazole rings is 1. The van der Waals surface area contributed by atoms with Crippen molar-refractivity contribution >= 4 is 40.6 Å². The number of hydrogen-bond acceptors (Lipinski definition) is 9. The van der Waals surface area contributed by atoms with Crippen LogP contribution in [0.1, 0.15) is 16.0 Å². The van der Waals surface area contributed by atoms with Crippen LogP contribution in [0.3, 0.4) is 0 Å². The third kappa shape index (κ3) is 4.15. The van der Waals surface area contributed by atoms with Crippen molar-refractivity contribution in [2.75, 3.05) is 16.8 Å². The Morgan fingerprint density at radius 1 is 1.20 bits per heavy atom. The largest absolute Gasteiger partial charge is 0.383 e. The number of nitrogen functional groups attached to an aromatic ring is 1. The van der Waals surface area contributed by atoms with Gasteiger partial charge in [0, 0.05) is 5.69 Å². The summed E-state index contributed by atoms with van der Waals surface area (Å²) in [5.41, 5.74) is 6.56. The molecule has 146 valence electrons. The van der Waals surface area contributed by atoms with Crippen LogP contribution in [-0.2, 0) is 4.79 Å². The highest BCUT2D eigenvalue weighted by Gasteiger charge is 2.18. The van der Waals surface area contributed by atoms with Crippen LogP contribution in [0.25, 0.3) is 5.69 Å². The summed E-state index contributed by atoms with van der Waals surface area (Å²) < 4.78 is 1.48. The van der Waals surface area contributed by atoms with Gasteiger partial charge < -0.3 is 11.1 Å². The summed E-state index contributed by atoms with van der Waals surface area (Å²) in [5, 5.41) is 38.7. The summed E-state index contributed by atoms with van der Waals surface area (Å²) in [6, 6.07) is 16.0. The Labute approximate surface area is 179 Å². The molecule has 0 radical (unpaired) electrons. The van der Waals surface area contributed by atoms with Crippen molar-refractivity contribution < 1.29 is 4.79 Å². The van der Waals surface area contributed by atoms with E-state index in [2.05, 4.69) is 10.3 Å². The Hall–Kier alpha value is -4.11. The van der Waals surface area contributed by atoms with Crippen molar-refractivity contribution in [3.05, 3.63) is 57.2 Å². The minimum atomic E-state index is -0.451. The van der Waals surface area contributed by atoms with Crippen LogP contribution in [0.15, 0.2) is 41.4 Å². The zero-order chi connectivity index (χ0) is 21.7. The van der Waals surface area contributed by atoms with E-state index in [1.165, 1.54) is 10.6 Å². The molecule has 2 heterocycles. The Morgan fingerprint density at radius 2 is 1.90 bits per heavy atom. The number of aromatic nitrogens is 2. The summed E-state index contributed by atoms with van der Waals surface area (Å²) in [6.45, 7) is 0. The second-order valence-electron chi connectivity index (χ2n) is 5.70. The molecule has 0 bridgehead atoms. The zero-order valence-electron chi connectivity index (χ0n) is 15.2. The standard InChI is InChI=1S/C19H12N8OS2/c20-7-11-6-12(8-21)18(26-16(11)23)29-10-15(28)25-17-14(9-22)30-19(24)27(17)13-4-2-1-3-5-13/h1-6,24H,10H2,(H2,23,26)(H,25,28). The Kier molecular flexibility index (Phi) is 6.14. The first kappa shape index (κ1) is 20.6. The number of para-hydroxylation sites is 1. The predicted octanol–water partition coefficient (Wildman–Crippen LogP) is 2.34. The van der Waals surface area contributed by atoms with E-state index >= 15 is 0 Å². The van der Waals surface area contributed by atoms with E-state index in [0.29, 0.717) is 5.69 Å². The number of nitrogens with two attached hydrogens (primary N) is 1. The van der Waals surface area contributed by atoms with Gasteiger partial charge in [-0.2, -0.15) is 15.8 Å². The second kappa shape index (κ2) is 8.93. The molecule has 0 aliphatic carbocycles. The average Bonchev–Trinajstić information content (AvgIpc) is 3.07. The maximum atomic E-state index is 12.5. The number of rotatable bonds is 5. The molecule has 11 heteroatoms. The zero-order valence-corrected chi connectivity index (χ0v) is 16.8. The summed E-state index contributed by atoms with van der Waals surface area (Å²) in [5.74, 6) is -0.384. The van der Waals surface area contributed by atoms with E-state index in [4.69, 9.17) is 16.4 Å². The predicted molar refractivity (Wildman–Crippen MR) is 112 cm³/mol. The summed E-state index contributed by atoms with van der Waals surface area (Å²) in [7, 11) is 0. The Balaban J connectivity index is 1.84. The summed E-state index contributed by atoms with van der Waals surface area (Å²) in [6.07, 6.45) is 0. The quantitative estimate of drug-likeness (QED) is 0.520. The third-order valence-electron chi connectivity index (χ3n) is 3.81. The van der Waals surface area contributed by atoms with Crippen LogP contribution < -0.4 is 15.9 Å². The molecule has 0 aliphatic rings. The summed E-state index contributed by atoms with van der Waals surface area (Å²) in [4.78, 5) is 16.9. The number of nitrogens with zero attached hydrogens (tertiary/aromatic N) is 5. The van der Waals surface area contributed by atoms with Crippen molar-refractivity contribution in [3.63, 3.8) is 0 Å². The van der Waals surface area contributed by atoms with E-state index in [9.17, 15) is 15.3 Å². The van der Waals surface area contributed by atoms with Gasteiger partial charge in [0.15, 0.2) is 4.80 Å². The average molecular weight is 432 g/mol. The molecule has 0 spiro atoms. The molecule has 30 heavy (non-hydrogen) atoms. The molecule has 1 amide bonds. The molecule has 0 saturated heterocycles. The molecule has 0 unspecified atom stereocenters. The van der Waals surface area contributed by atoms with Crippen molar-refractivity contribution in [3.8, 4) is 23.9 Å². The molecule has 0 aliphatic heterocycles. The lowest BCUT2D eigenvalue weighted by Crippen LogP contribution is -2.21. The number of carbonyl (C=O) groups excluding carboxylic acids is 1. The number of carbonyl (C=O) groups is 1. The van der Waals surface area contributed by atoms with Gasteiger partial charge in [0.05, 0.1) is 16.9 Å². The lowest BCUT2D eigenvalue weighted by Gasteiger charge is -2.10. The Morgan fingerprint density at radius 3 is 2.53 bits per heavy atom. The number of benzene rings is 1. The van der Waals surface area contributed by atoms with E-state index in [-0.39, 0.29) is 43.2 Å². The number of nitrogens with one attached hydrogen (secondary N) is 2. The molecule has 0 atom stereocenters. The number of amides is 1. The highest BCUT2D eigenvalue weighted by molar-refractivity contribution is 8.00. The van der Waals surface area contributed by atoms with Crippen LogP contribution in [-0.4, -0.2) is 21.2 Å². The first-order chi connectivity index (χ1) is 14.5. The Bertz CT molecular complexity index is 1310. The fourth-order valence-electron chi connectivity index (χ4n) is 2.50. The number of pyridine rings is 1. The highest BCUT2D eigenvalue weighted by atomic mass is 32.2. The number of hydrogen-bond donors (Lipinski definition) is 3. The normalized spacial score (nSPS) is 9.90. The van der Waals surface area contributed by atoms with Gasteiger partial charge in [-0.25, -0.2) is 4.98 Å². The van der Waals surface area contributed by atoms with Gasteiger partial charge in [0.25, 0.3) is 0 Å². The maximum Gasteiger partial charge on any atom is 0.235 e. The molecule has 3 rings (SSSR count).